The van der Waals surface area contributed by atoms with Gasteiger partial charge in [0.1, 0.15) is 0 Å². The number of hydrogen-bond acceptors (Lipinski definition) is 6. The van der Waals surface area contributed by atoms with E-state index in [1.54, 1.807) is 121 Å². The molecule has 5 aromatic rings. The zero-order valence-corrected chi connectivity index (χ0v) is 26.0. The van der Waals surface area contributed by atoms with Gasteiger partial charge in [0.25, 0.3) is 0 Å². The van der Waals surface area contributed by atoms with Crippen molar-refractivity contribution in [2.75, 3.05) is 0 Å². The maximum absolute atomic E-state index is 13.3. The minimum absolute atomic E-state index is 0.355. The molecule has 2 atom stereocenters. The fraction of sp³-hybridized carbons (Fsp3) is 0. The van der Waals surface area contributed by atoms with Crippen molar-refractivity contribution < 1.29 is 37.6 Å². The summed E-state index contributed by atoms with van der Waals surface area (Å²) < 4.78 is 36.7. The number of carbonyl (C=O) groups is 2. The van der Waals surface area contributed by atoms with E-state index in [4.69, 9.17) is 9.05 Å². The number of hydrogen-bond donors (Lipinski definition) is 2. The van der Waals surface area contributed by atoms with E-state index in [2.05, 4.69) is 0 Å². The third-order valence-electron chi connectivity index (χ3n) is 6.72. The van der Waals surface area contributed by atoms with E-state index in [0.717, 1.165) is 11.6 Å². The quantitative estimate of drug-likeness (QED) is 0.144. The van der Waals surface area contributed by atoms with Crippen LogP contribution < -0.4 is 0 Å². The van der Waals surface area contributed by atoms with Crippen LogP contribution in [0.5, 0.6) is 0 Å². The number of rotatable bonds is 10. The van der Waals surface area contributed by atoms with Crippen molar-refractivity contribution in [2.24, 2.45) is 0 Å². The third-order valence-corrected chi connectivity index (χ3v) is 8.74. The molecule has 0 aliphatic rings. The molecular weight excluding hydrogens is 622 g/mol. The molecule has 5 aromatic carbocycles. The molecule has 46 heavy (non-hydrogen) atoms. The van der Waals surface area contributed by atoms with Crippen LogP contribution >= 0.6 is 15.2 Å². The first-order valence-corrected chi connectivity index (χ1v) is 17.3. The Kier molecular flexibility index (Phi) is 10.1. The molecule has 230 valence electrons. The molecule has 0 fully saturated rings. The second-order valence-electron chi connectivity index (χ2n) is 9.98. The van der Waals surface area contributed by atoms with Crippen molar-refractivity contribution >= 4 is 38.3 Å². The summed E-state index contributed by atoms with van der Waals surface area (Å²) in [5.74, 6) is -0.657. The van der Waals surface area contributed by atoms with Gasteiger partial charge in [-0.1, -0.05) is 133 Å². The molecule has 0 bridgehead atoms. The first-order chi connectivity index (χ1) is 22.1. The Morgan fingerprint density at radius 1 is 0.435 bits per heavy atom. The average molecular weight is 651 g/mol. The minimum atomic E-state index is -4.76. The molecule has 2 unspecified atom stereocenters. The summed E-state index contributed by atoms with van der Waals surface area (Å²) in [5.41, 5.74) is 2.31. The lowest BCUT2D eigenvalue weighted by Crippen LogP contribution is -2.12. The zero-order chi connectivity index (χ0) is 32.6. The van der Waals surface area contributed by atoms with Crippen LogP contribution in [0.15, 0.2) is 157 Å². The lowest BCUT2D eigenvalue weighted by atomic mass is 10.00. The largest absolute Gasteiger partial charge is 0.404 e. The van der Waals surface area contributed by atoms with Crippen LogP contribution in [0.1, 0.15) is 43.0 Å². The summed E-state index contributed by atoms with van der Waals surface area (Å²) in [6.45, 7) is 0. The molecule has 5 rings (SSSR count). The third kappa shape index (κ3) is 8.33. The minimum Gasteiger partial charge on any atom is -0.385 e. The first-order valence-electron chi connectivity index (χ1n) is 14.0. The van der Waals surface area contributed by atoms with Crippen molar-refractivity contribution in [3.05, 3.63) is 191 Å². The molecule has 0 amide bonds. The number of benzene rings is 5. The Morgan fingerprint density at radius 3 is 0.935 bits per heavy atom. The highest BCUT2D eigenvalue weighted by Gasteiger charge is 2.30. The molecular formula is C36H28O8P2. The lowest BCUT2D eigenvalue weighted by molar-refractivity contribution is 0.0676. The van der Waals surface area contributed by atoms with Crippen LogP contribution in [0.4, 0.5) is 0 Å². The molecule has 0 aromatic heterocycles. The Morgan fingerprint density at radius 2 is 0.674 bits per heavy atom. The summed E-state index contributed by atoms with van der Waals surface area (Å²) in [5, 5.41) is 0. The van der Waals surface area contributed by atoms with Crippen molar-refractivity contribution in [2.45, 2.75) is 0 Å². The van der Waals surface area contributed by atoms with Crippen LogP contribution in [0.25, 0.3) is 11.1 Å². The van der Waals surface area contributed by atoms with Gasteiger partial charge in [0.2, 0.25) is 0 Å². The highest BCUT2D eigenvalue weighted by molar-refractivity contribution is 7.57. The van der Waals surface area contributed by atoms with Gasteiger partial charge in [-0.05, 0) is 45.5 Å². The summed E-state index contributed by atoms with van der Waals surface area (Å²) >= 11 is 0. The van der Waals surface area contributed by atoms with Gasteiger partial charge < -0.3 is 18.8 Å². The smallest absolute Gasteiger partial charge is 0.385 e. The molecule has 0 aliphatic heterocycles. The van der Waals surface area contributed by atoms with Gasteiger partial charge >= 0.3 is 27.1 Å². The highest BCUT2D eigenvalue weighted by atomic mass is 31.2. The first kappa shape index (κ1) is 32.3. The van der Waals surface area contributed by atoms with Crippen molar-refractivity contribution in [3.8, 4) is 0 Å². The SMILES string of the molecule is O=C(OP(=O)(O)C=C(c1ccccc1)c1ccccc1)c1ccccc1C(=O)OP(=O)(O)C=C(c1ccccc1)c1ccccc1. The second kappa shape index (κ2) is 14.3. The normalized spacial score (nSPS) is 13.3. The molecule has 2 N–H and O–H groups in total. The van der Waals surface area contributed by atoms with E-state index in [0.29, 0.717) is 33.4 Å². The monoisotopic (exact) mass is 650 g/mol. The van der Waals surface area contributed by atoms with Gasteiger partial charge in [-0.2, -0.15) is 0 Å². The Hall–Kier alpha value is -5.10. The van der Waals surface area contributed by atoms with Crippen LogP contribution in [0.2, 0.25) is 0 Å². The summed E-state index contributed by atoms with van der Waals surface area (Å²) in [4.78, 5) is 48.0. The maximum Gasteiger partial charge on any atom is 0.404 e. The fourth-order valence-corrected chi connectivity index (χ4v) is 6.68. The predicted molar refractivity (Wildman–Crippen MR) is 177 cm³/mol. The Bertz CT molecular complexity index is 1760. The predicted octanol–water partition coefficient (Wildman–Crippen LogP) is 8.55. The highest BCUT2D eigenvalue weighted by Crippen LogP contribution is 2.50. The fourth-order valence-electron chi connectivity index (χ4n) is 4.66. The van der Waals surface area contributed by atoms with Crippen LogP contribution in [-0.4, -0.2) is 21.7 Å². The van der Waals surface area contributed by atoms with Crippen LogP contribution in [-0.2, 0) is 18.2 Å². The zero-order valence-electron chi connectivity index (χ0n) is 24.2. The van der Waals surface area contributed by atoms with E-state index in [-0.39, 0.29) is 0 Å². The topological polar surface area (TPSA) is 127 Å². The standard InChI is InChI=1S/C36H28O8P2/c37-35(43-45(39,40)25-33(27-15-5-1-6-16-27)28-17-7-2-8-18-28)31-23-13-14-24-32(31)36(38)44-46(41,42)26-34(29-19-9-3-10-20-29)30-21-11-4-12-22-30/h1-26H,(H,39,40)(H,41,42). The maximum atomic E-state index is 13.3. The Balaban J connectivity index is 1.42. The average Bonchev–Trinajstić information content (AvgIpc) is 3.07. The summed E-state index contributed by atoms with van der Waals surface area (Å²) in [7, 11) is -9.51. The molecule has 0 saturated carbocycles. The van der Waals surface area contributed by atoms with Gasteiger partial charge in [-0.3, -0.25) is 0 Å². The van der Waals surface area contributed by atoms with Gasteiger partial charge in [-0.25, -0.2) is 18.7 Å². The lowest BCUT2D eigenvalue weighted by Gasteiger charge is -2.15. The molecule has 0 spiro atoms. The van der Waals surface area contributed by atoms with Gasteiger partial charge in [-0.15, -0.1) is 0 Å². The van der Waals surface area contributed by atoms with Gasteiger partial charge in [0, 0.05) is 11.6 Å². The molecule has 0 aliphatic carbocycles. The van der Waals surface area contributed by atoms with E-state index in [9.17, 15) is 28.5 Å². The van der Waals surface area contributed by atoms with E-state index in [1.807, 2.05) is 0 Å². The Labute approximate surface area is 266 Å². The number of carbonyl (C=O) groups excluding carboxylic acids is 2. The van der Waals surface area contributed by atoms with Crippen LogP contribution in [0, 0.1) is 0 Å². The van der Waals surface area contributed by atoms with Crippen molar-refractivity contribution in [3.63, 3.8) is 0 Å². The van der Waals surface area contributed by atoms with Crippen LogP contribution in [0.3, 0.4) is 0 Å². The van der Waals surface area contributed by atoms with E-state index in [1.165, 1.54) is 24.3 Å². The molecule has 10 heteroatoms. The van der Waals surface area contributed by atoms with Gasteiger partial charge in [0.05, 0.1) is 11.1 Å². The summed E-state index contributed by atoms with van der Waals surface area (Å²) in [6, 6.07) is 40.5. The molecule has 0 radical (unpaired) electrons. The molecule has 0 saturated heterocycles. The van der Waals surface area contributed by atoms with Gasteiger partial charge in [0.15, 0.2) is 0 Å². The summed E-state index contributed by atoms with van der Waals surface area (Å²) in [6.07, 6.45) is 0. The second-order valence-corrected chi connectivity index (χ2v) is 13.1. The van der Waals surface area contributed by atoms with Crippen molar-refractivity contribution in [1.29, 1.82) is 0 Å². The van der Waals surface area contributed by atoms with E-state index >= 15 is 0 Å². The van der Waals surface area contributed by atoms with E-state index < -0.39 is 38.3 Å². The molecule has 8 nitrogen and oxygen atoms in total. The molecule has 0 heterocycles. The van der Waals surface area contributed by atoms with Crippen molar-refractivity contribution in [1.82, 2.24) is 0 Å².